The second-order valence-electron chi connectivity index (χ2n) is 11.1. The van der Waals surface area contributed by atoms with E-state index in [-0.39, 0.29) is 12.1 Å². The quantitative estimate of drug-likeness (QED) is 0.163. The Morgan fingerprint density at radius 1 is 0.925 bits per heavy atom. The van der Waals surface area contributed by atoms with Crippen LogP contribution in [-0.4, -0.2) is 24.0 Å². The van der Waals surface area contributed by atoms with Crippen molar-refractivity contribution in [3.63, 3.8) is 0 Å². The zero-order valence-electron chi connectivity index (χ0n) is 25.6. The van der Waals surface area contributed by atoms with E-state index in [4.69, 9.17) is 6.42 Å². The first-order valence-corrected chi connectivity index (χ1v) is 16.6. The van der Waals surface area contributed by atoms with Gasteiger partial charge in [-0.3, -0.25) is 0 Å². The van der Waals surface area contributed by atoms with Gasteiger partial charge < -0.3 is 4.90 Å². The molecule has 0 aliphatic heterocycles. The minimum absolute atomic E-state index is 0.0644. The Balaban J connectivity index is 2.60. The molecule has 0 aliphatic carbocycles. The molecule has 216 valence electrons. The third kappa shape index (κ3) is 9.00. The Morgan fingerprint density at radius 3 is 1.98 bits per heavy atom. The molecule has 0 heterocycles. The van der Waals surface area contributed by atoms with Crippen LogP contribution in [0, 0.1) is 12.3 Å². The highest BCUT2D eigenvalue weighted by atomic mass is 32.3. The van der Waals surface area contributed by atoms with Gasteiger partial charge in [0.2, 0.25) is 0 Å². The maximum Gasteiger partial charge on any atom is 0.134 e. The van der Waals surface area contributed by atoms with Crippen molar-refractivity contribution in [3.8, 4) is 12.3 Å². The molecular formula is C36H47F2NS. The van der Waals surface area contributed by atoms with E-state index in [1.165, 1.54) is 23.6 Å². The molecule has 0 aromatic heterocycles. The van der Waals surface area contributed by atoms with Crippen LogP contribution in [0.2, 0.25) is 0 Å². The molecule has 0 aliphatic rings. The zero-order valence-corrected chi connectivity index (χ0v) is 26.4. The summed E-state index contributed by atoms with van der Waals surface area (Å²) < 4.78 is 30.3. The van der Waals surface area contributed by atoms with Crippen molar-refractivity contribution >= 4 is 10.0 Å². The predicted molar refractivity (Wildman–Crippen MR) is 174 cm³/mol. The van der Waals surface area contributed by atoms with Gasteiger partial charge in [0.05, 0.1) is 0 Å². The van der Waals surface area contributed by atoms with Gasteiger partial charge in [0.25, 0.3) is 0 Å². The second kappa shape index (κ2) is 15.1. The third-order valence-electron chi connectivity index (χ3n) is 7.40. The van der Waals surface area contributed by atoms with E-state index < -0.39 is 21.7 Å². The highest BCUT2D eigenvalue weighted by Crippen LogP contribution is 2.54. The molecule has 0 saturated heterocycles. The normalized spacial score (nSPS) is 13.2. The molecule has 0 saturated carbocycles. The fourth-order valence-corrected chi connectivity index (χ4v) is 6.90. The number of terminal acetylenes is 1. The molecule has 0 atom stereocenters. The summed E-state index contributed by atoms with van der Waals surface area (Å²) >= 11 is 0. The first-order chi connectivity index (χ1) is 18.8. The lowest BCUT2D eigenvalue weighted by atomic mass is 9.99. The Bertz CT molecular complexity index is 1300. The van der Waals surface area contributed by atoms with E-state index in [2.05, 4.69) is 68.5 Å². The van der Waals surface area contributed by atoms with Gasteiger partial charge in [-0.05, 0) is 79.3 Å². The molecule has 2 rings (SSSR count). The van der Waals surface area contributed by atoms with E-state index in [0.717, 1.165) is 47.4 Å². The topological polar surface area (TPSA) is 3.24 Å². The summed E-state index contributed by atoms with van der Waals surface area (Å²) in [4.78, 5) is 3.02. The minimum atomic E-state index is -1.52. The van der Waals surface area contributed by atoms with Crippen LogP contribution < -0.4 is 0 Å². The Labute approximate surface area is 244 Å². The van der Waals surface area contributed by atoms with E-state index >= 15 is 4.39 Å². The van der Waals surface area contributed by atoms with Gasteiger partial charge >= 0.3 is 0 Å². The summed E-state index contributed by atoms with van der Waals surface area (Å²) in [6, 6.07) is 14.7. The van der Waals surface area contributed by atoms with Crippen LogP contribution in [0.4, 0.5) is 8.78 Å². The third-order valence-corrected chi connectivity index (χ3v) is 10.3. The van der Waals surface area contributed by atoms with Crippen molar-refractivity contribution in [2.45, 2.75) is 72.6 Å². The lowest BCUT2D eigenvalue weighted by Crippen LogP contribution is -2.25. The van der Waals surface area contributed by atoms with Gasteiger partial charge in [-0.15, -0.1) is 6.42 Å². The summed E-state index contributed by atoms with van der Waals surface area (Å²) in [6.07, 6.45) is 14.3. The molecule has 40 heavy (non-hydrogen) atoms. The van der Waals surface area contributed by atoms with Gasteiger partial charge in [-0.25, -0.2) is 18.8 Å². The minimum Gasteiger partial charge on any atom is -0.367 e. The monoisotopic (exact) mass is 563 g/mol. The molecule has 0 fully saturated rings. The first-order valence-electron chi connectivity index (χ1n) is 14.0. The summed E-state index contributed by atoms with van der Waals surface area (Å²) in [5.74, 6) is 2.18. The van der Waals surface area contributed by atoms with Gasteiger partial charge in [0.1, 0.15) is 11.7 Å². The average Bonchev–Trinajstić information content (AvgIpc) is 2.90. The molecule has 1 nitrogen and oxygen atoms in total. The van der Waals surface area contributed by atoms with Crippen LogP contribution in [0.15, 0.2) is 89.0 Å². The molecular weight excluding hydrogens is 516 g/mol. The summed E-state index contributed by atoms with van der Waals surface area (Å²) in [5.41, 5.74) is 7.00. The Kier molecular flexibility index (Phi) is 12.5. The largest absolute Gasteiger partial charge is 0.367 e. The van der Waals surface area contributed by atoms with Crippen LogP contribution in [0.25, 0.3) is 0 Å². The smallest absolute Gasteiger partial charge is 0.134 e. The van der Waals surface area contributed by atoms with Gasteiger partial charge in [0, 0.05) is 41.2 Å². The summed E-state index contributed by atoms with van der Waals surface area (Å²) in [5, 5.41) is 0. The summed E-state index contributed by atoms with van der Waals surface area (Å²) in [6.45, 7) is 18.2. The van der Waals surface area contributed by atoms with Gasteiger partial charge in [-0.2, -0.15) is 0 Å². The number of rotatable bonds is 14. The first kappa shape index (κ1) is 33.2. The van der Waals surface area contributed by atoms with Crippen molar-refractivity contribution < 1.29 is 8.78 Å². The maximum absolute atomic E-state index is 16.1. The van der Waals surface area contributed by atoms with Crippen LogP contribution in [-0.2, 0) is 25.1 Å². The molecule has 4 heteroatoms. The van der Waals surface area contributed by atoms with E-state index in [0.29, 0.717) is 17.9 Å². The van der Waals surface area contributed by atoms with E-state index in [1.54, 1.807) is 0 Å². The van der Waals surface area contributed by atoms with Crippen molar-refractivity contribution in [1.82, 2.24) is 4.90 Å². The summed E-state index contributed by atoms with van der Waals surface area (Å²) in [7, 11) is -1.52. The molecule has 0 spiro atoms. The number of halogens is 2. The number of nitrogens with zero attached hydrogens (tertiary/aromatic N) is 1. The standard InChI is InChI=1S/C36H47F2NS/c1-11-16-30-20-31(17-12-2)22-32(21-30)23-39(26(4)5)24-35(36(38)27(6)28(7)37)29(8)40(9,10)25-34-19-15-14-18-33(34)13-3/h3,14-15,18-22H,4,7,11-12,16-17,23-25H2,1-2,5-6,8-10H3/b35-29+,36-27+. The maximum atomic E-state index is 16.1. The Hall–Kier alpha value is -3.03. The molecule has 0 amide bonds. The SMILES string of the molecule is C#Cc1ccccc1CS(C)(C)/C(C)=C(CN(Cc1cc(CCC)cc(CCC)c1)C(=C)C)/C(F)=C(/C)C(=C)F. The highest BCUT2D eigenvalue weighted by molar-refractivity contribution is 8.35. The molecule has 0 unspecified atom stereocenters. The number of allylic oxidation sites excluding steroid dienone is 4. The van der Waals surface area contributed by atoms with Crippen molar-refractivity contribution in [2.75, 3.05) is 19.1 Å². The lowest BCUT2D eigenvalue weighted by Gasteiger charge is -2.36. The fourth-order valence-electron chi connectivity index (χ4n) is 4.83. The number of aryl methyl sites for hydroxylation is 2. The van der Waals surface area contributed by atoms with Gasteiger partial charge in [0.15, 0.2) is 0 Å². The molecule has 2 aromatic carbocycles. The van der Waals surface area contributed by atoms with Crippen LogP contribution in [0.3, 0.4) is 0 Å². The lowest BCUT2D eigenvalue weighted by molar-refractivity contribution is 0.362. The molecule has 2 aromatic rings. The molecule has 0 radical (unpaired) electrons. The van der Waals surface area contributed by atoms with Crippen LogP contribution >= 0.6 is 10.0 Å². The van der Waals surface area contributed by atoms with E-state index in [1.807, 2.05) is 38.1 Å². The number of hydrogen-bond acceptors (Lipinski definition) is 1. The predicted octanol–water partition coefficient (Wildman–Crippen LogP) is 10.2. The van der Waals surface area contributed by atoms with Crippen molar-refractivity contribution in [2.24, 2.45) is 0 Å². The highest BCUT2D eigenvalue weighted by Gasteiger charge is 2.25. The molecule has 0 bridgehead atoms. The zero-order chi connectivity index (χ0) is 30.0. The van der Waals surface area contributed by atoms with Crippen molar-refractivity contribution in [1.29, 1.82) is 0 Å². The van der Waals surface area contributed by atoms with Crippen LogP contribution in [0.1, 0.15) is 75.3 Å². The fraction of sp³-hybridized carbons (Fsp3) is 0.389. The van der Waals surface area contributed by atoms with Crippen molar-refractivity contribution in [3.05, 3.63) is 117 Å². The average molecular weight is 564 g/mol. The number of benzene rings is 2. The van der Waals surface area contributed by atoms with E-state index in [9.17, 15) is 4.39 Å². The second-order valence-corrected chi connectivity index (χ2v) is 15.1. The Morgan fingerprint density at radius 2 is 1.48 bits per heavy atom. The molecule has 0 N–H and O–H groups in total. The number of hydrogen-bond donors (Lipinski definition) is 0. The van der Waals surface area contributed by atoms with Crippen LogP contribution in [0.5, 0.6) is 0 Å². The van der Waals surface area contributed by atoms with Gasteiger partial charge in [-0.1, -0.05) is 82.2 Å².